The molecule has 0 saturated carbocycles. The molecule has 0 aliphatic heterocycles. The summed E-state index contributed by atoms with van der Waals surface area (Å²) < 4.78 is 0. The van der Waals surface area contributed by atoms with Gasteiger partial charge in [0.05, 0.1) is 28.8 Å². The van der Waals surface area contributed by atoms with Gasteiger partial charge in [0.15, 0.2) is 0 Å². The molecule has 0 bridgehead atoms. The normalized spacial score (nSPS) is 10.5. The van der Waals surface area contributed by atoms with E-state index in [9.17, 15) is 14.4 Å². The number of carbonyl (C=O) groups excluding carboxylic acids is 3. The number of rotatable bonds is 8. The highest BCUT2D eigenvalue weighted by Crippen LogP contribution is 2.29. The molecule has 0 radical (unpaired) electrons. The van der Waals surface area contributed by atoms with Crippen molar-refractivity contribution in [1.82, 2.24) is 10.2 Å². The first-order valence-electron chi connectivity index (χ1n) is 7.95. The molecule has 0 spiro atoms. The van der Waals surface area contributed by atoms with Gasteiger partial charge in [-0.1, -0.05) is 43.1 Å². The lowest BCUT2D eigenvalue weighted by atomic mass is 10.1. The van der Waals surface area contributed by atoms with Gasteiger partial charge in [0.1, 0.15) is 0 Å². The molecule has 0 saturated heterocycles. The Morgan fingerprint density at radius 3 is 2.28 bits per heavy atom. The van der Waals surface area contributed by atoms with E-state index < -0.39 is 5.91 Å². The Kier molecular flexibility index (Phi) is 8.72. The van der Waals surface area contributed by atoms with Gasteiger partial charge in [0.25, 0.3) is 0 Å². The van der Waals surface area contributed by atoms with E-state index in [1.165, 1.54) is 11.9 Å². The molecule has 0 aromatic heterocycles. The third-order valence-electron chi connectivity index (χ3n) is 3.42. The Morgan fingerprint density at radius 1 is 1.12 bits per heavy atom. The number of anilines is 1. The maximum Gasteiger partial charge on any atom is 0.244 e. The number of nitrogens with one attached hydrogen (secondary N) is 2. The highest BCUT2D eigenvalue weighted by molar-refractivity contribution is 6.39. The van der Waals surface area contributed by atoms with Gasteiger partial charge in [-0.3, -0.25) is 14.4 Å². The molecule has 1 aromatic carbocycles. The Balaban J connectivity index is 2.44. The second kappa shape index (κ2) is 10.3. The largest absolute Gasteiger partial charge is 0.347 e. The van der Waals surface area contributed by atoms with Crippen LogP contribution in [0.5, 0.6) is 0 Å². The van der Waals surface area contributed by atoms with Crippen molar-refractivity contribution in [2.45, 2.75) is 26.7 Å². The summed E-state index contributed by atoms with van der Waals surface area (Å²) in [6.45, 7) is 3.72. The van der Waals surface area contributed by atoms with Gasteiger partial charge in [-0.25, -0.2) is 0 Å². The quantitative estimate of drug-likeness (QED) is 0.719. The number of carbonyl (C=O) groups is 3. The van der Waals surface area contributed by atoms with Crippen LogP contribution in [0.25, 0.3) is 0 Å². The number of benzene rings is 1. The molecule has 0 aliphatic carbocycles. The zero-order valence-corrected chi connectivity index (χ0v) is 16.1. The summed E-state index contributed by atoms with van der Waals surface area (Å²) in [5.41, 5.74) is 0.304. The maximum atomic E-state index is 12.0. The average Bonchev–Trinajstić information content (AvgIpc) is 2.54. The Bertz CT molecular complexity index is 615. The van der Waals surface area contributed by atoms with Gasteiger partial charge in [-0.15, -0.1) is 0 Å². The molecular formula is C17H23Cl2N3O3. The number of nitrogens with zero attached hydrogens (tertiary/aromatic N) is 1. The number of hydrogen-bond donors (Lipinski definition) is 2. The van der Waals surface area contributed by atoms with Gasteiger partial charge < -0.3 is 15.5 Å². The van der Waals surface area contributed by atoms with Crippen LogP contribution < -0.4 is 10.6 Å². The molecule has 0 heterocycles. The van der Waals surface area contributed by atoms with Crippen LogP contribution in [0.3, 0.4) is 0 Å². The smallest absolute Gasteiger partial charge is 0.244 e. The number of amides is 3. The van der Waals surface area contributed by atoms with Crippen molar-refractivity contribution in [2.24, 2.45) is 5.92 Å². The second-order valence-electron chi connectivity index (χ2n) is 6.10. The van der Waals surface area contributed by atoms with Crippen LogP contribution >= 0.6 is 23.2 Å². The molecule has 3 amide bonds. The fourth-order valence-corrected chi connectivity index (χ4v) is 2.41. The minimum absolute atomic E-state index is 0.145. The van der Waals surface area contributed by atoms with Crippen molar-refractivity contribution >= 4 is 46.6 Å². The van der Waals surface area contributed by atoms with Gasteiger partial charge >= 0.3 is 0 Å². The average molecular weight is 388 g/mol. The number of para-hydroxylation sites is 1. The Morgan fingerprint density at radius 2 is 1.72 bits per heavy atom. The highest BCUT2D eigenvalue weighted by atomic mass is 35.5. The van der Waals surface area contributed by atoms with E-state index >= 15 is 0 Å². The lowest BCUT2D eigenvalue weighted by Crippen LogP contribution is -2.41. The van der Waals surface area contributed by atoms with Crippen LogP contribution in [-0.4, -0.2) is 42.8 Å². The third kappa shape index (κ3) is 7.75. The molecule has 138 valence electrons. The van der Waals surface area contributed by atoms with E-state index in [0.29, 0.717) is 28.1 Å². The molecule has 1 rings (SSSR count). The molecule has 8 heteroatoms. The van der Waals surface area contributed by atoms with Crippen molar-refractivity contribution in [3.8, 4) is 0 Å². The van der Waals surface area contributed by atoms with Crippen molar-refractivity contribution in [2.75, 3.05) is 25.5 Å². The van der Waals surface area contributed by atoms with E-state index in [-0.39, 0.29) is 24.9 Å². The lowest BCUT2D eigenvalue weighted by molar-refractivity contribution is -0.134. The highest BCUT2D eigenvalue weighted by Gasteiger charge is 2.16. The van der Waals surface area contributed by atoms with Crippen LogP contribution in [0, 0.1) is 5.92 Å². The molecule has 0 unspecified atom stereocenters. The summed E-state index contributed by atoms with van der Waals surface area (Å²) in [7, 11) is 1.48. The van der Waals surface area contributed by atoms with Crippen molar-refractivity contribution in [3.63, 3.8) is 0 Å². The first-order valence-corrected chi connectivity index (χ1v) is 8.70. The Labute approximate surface area is 157 Å². The van der Waals surface area contributed by atoms with E-state index in [1.54, 1.807) is 18.2 Å². The van der Waals surface area contributed by atoms with Crippen LogP contribution in [0.1, 0.15) is 26.7 Å². The summed E-state index contributed by atoms with van der Waals surface area (Å²) in [5.74, 6) is -0.553. The van der Waals surface area contributed by atoms with E-state index in [4.69, 9.17) is 23.2 Å². The molecule has 0 aliphatic rings. The molecule has 1 aromatic rings. The van der Waals surface area contributed by atoms with E-state index in [2.05, 4.69) is 10.6 Å². The fraction of sp³-hybridized carbons (Fsp3) is 0.471. The third-order valence-corrected chi connectivity index (χ3v) is 4.05. The number of hydrogen-bond acceptors (Lipinski definition) is 3. The van der Waals surface area contributed by atoms with Gasteiger partial charge in [-0.05, 0) is 24.5 Å². The molecule has 2 N–H and O–H groups in total. The maximum absolute atomic E-state index is 12.0. The standard InChI is InChI=1S/C17H23Cl2N3O3/c1-11(2)7-8-14(23)20-9-16(25)22(3)10-15(24)21-17-12(18)5-4-6-13(17)19/h4-6,11H,7-10H2,1-3H3,(H,20,23)(H,21,24). The number of likely N-dealkylation sites (N-methyl/N-ethyl adjacent to an activating group) is 1. The van der Waals surface area contributed by atoms with Crippen LogP contribution in [0.4, 0.5) is 5.69 Å². The minimum Gasteiger partial charge on any atom is -0.347 e. The number of halogens is 2. The molecule has 6 nitrogen and oxygen atoms in total. The SMILES string of the molecule is CC(C)CCC(=O)NCC(=O)N(C)CC(=O)Nc1c(Cl)cccc1Cl. The van der Waals surface area contributed by atoms with E-state index in [1.807, 2.05) is 13.8 Å². The summed E-state index contributed by atoms with van der Waals surface area (Å²) in [5, 5.41) is 5.76. The fourth-order valence-electron chi connectivity index (χ4n) is 1.92. The van der Waals surface area contributed by atoms with Gasteiger partial charge in [-0.2, -0.15) is 0 Å². The van der Waals surface area contributed by atoms with Crippen molar-refractivity contribution in [3.05, 3.63) is 28.2 Å². The van der Waals surface area contributed by atoms with Crippen LogP contribution in [0.2, 0.25) is 10.0 Å². The Hall–Kier alpha value is -1.79. The molecule has 0 atom stereocenters. The van der Waals surface area contributed by atoms with Crippen molar-refractivity contribution < 1.29 is 14.4 Å². The van der Waals surface area contributed by atoms with Gasteiger partial charge in [0, 0.05) is 13.5 Å². The summed E-state index contributed by atoms with van der Waals surface area (Å²) in [4.78, 5) is 36.9. The first kappa shape index (κ1) is 21.3. The minimum atomic E-state index is -0.433. The van der Waals surface area contributed by atoms with Gasteiger partial charge in [0.2, 0.25) is 17.7 Å². The monoisotopic (exact) mass is 387 g/mol. The zero-order chi connectivity index (χ0) is 19.0. The van der Waals surface area contributed by atoms with Crippen LogP contribution in [-0.2, 0) is 14.4 Å². The topological polar surface area (TPSA) is 78.5 Å². The molecular weight excluding hydrogens is 365 g/mol. The van der Waals surface area contributed by atoms with Crippen LogP contribution in [0.15, 0.2) is 18.2 Å². The van der Waals surface area contributed by atoms with E-state index in [0.717, 1.165) is 6.42 Å². The molecule has 25 heavy (non-hydrogen) atoms. The van der Waals surface area contributed by atoms with Crippen molar-refractivity contribution in [1.29, 1.82) is 0 Å². The second-order valence-corrected chi connectivity index (χ2v) is 6.92. The predicted molar refractivity (Wildman–Crippen MR) is 99.8 cm³/mol. The predicted octanol–water partition coefficient (Wildman–Crippen LogP) is 2.94. The first-order chi connectivity index (χ1) is 11.7. The summed E-state index contributed by atoms with van der Waals surface area (Å²) in [6, 6.07) is 4.87. The summed E-state index contributed by atoms with van der Waals surface area (Å²) >= 11 is 12.0. The summed E-state index contributed by atoms with van der Waals surface area (Å²) in [6.07, 6.45) is 1.14. The zero-order valence-electron chi connectivity index (χ0n) is 14.6. The lowest BCUT2D eigenvalue weighted by Gasteiger charge is -2.18. The molecule has 0 fully saturated rings.